The smallest absolute Gasteiger partial charge is 0.233 e. The van der Waals surface area contributed by atoms with E-state index in [1.54, 1.807) is 0 Å². The summed E-state index contributed by atoms with van der Waals surface area (Å²) in [5.74, 6) is -0.244. The Balaban J connectivity index is 2.19. The molecular formula is C9H13NO3. The third-order valence-corrected chi connectivity index (χ3v) is 2.89. The number of imide groups is 1. The van der Waals surface area contributed by atoms with Crippen LogP contribution in [0.2, 0.25) is 0 Å². The Kier molecular flexibility index (Phi) is 1.87. The van der Waals surface area contributed by atoms with Crippen molar-refractivity contribution in [2.45, 2.75) is 32.3 Å². The SMILES string of the molecule is CC1CC2(CCO1)CC(=O)NC2=O. The molecule has 0 bridgehead atoms. The molecule has 0 aliphatic carbocycles. The largest absolute Gasteiger partial charge is 0.378 e. The summed E-state index contributed by atoms with van der Waals surface area (Å²) in [6, 6.07) is 0. The molecule has 0 radical (unpaired) electrons. The predicted molar refractivity (Wildman–Crippen MR) is 44.8 cm³/mol. The maximum absolute atomic E-state index is 11.5. The fourth-order valence-electron chi connectivity index (χ4n) is 2.22. The van der Waals surface area contributed by atoms with Gasteiger partial charge in [0.15, 0.2) is 0 Å². The first-order chi connectivity index (χ1) is 6.12. The summed E-state index contributed by atoms with van der Waals surface area (Å²) in [7, 11) is 0. The minimum atomic E-state index is -0.450. The molecule has 4 nitrogen and oxygen atoms in total. The third kappa shape index (κ3) is 1.35. The number of rotatable bonds is 0. The zero-order valence-corrected chi connectivity index (χ0v) is 7.63. The Morgan fingerprint density at radius 1 is 1.54 bits per heavy atom. The fraction of sp³-hybridized carbons (Fsp3) is 0.778. The van der Waals surface area contributed by atoms with Crippen molar-refractivity contribution in [1.29, 1.82) is 0 Å². The number of carbonyl (C=O) groups excluding carboxylic acids is 2. The van der Waals surface area contributed by atoms with E-state index in [2.05, 4.69) is 5.32 Å². The van der Waals surface area contributed by atoms with E-state index in [-0.39, 0.29) is 17.9 Å². The van der Waals surface area contributed by atoms with Gasteiger partial charge in [-0.2, -0.15) is 0 Å². The normalized spacial score (nSPS) is 39.6. The van der Waals surface area contributed by atoms with E-state index in [9.17, 15) is 9.59 Å². The van der Waals surface area contributed by atoms with E-state index >= 15 is 0 Å². The van der Waals surface area contributed by atoms with Crippen LogP contribution in [0.3, 0.4) is 0 Å². The number of amides is 2. The van der Waals surface area contributed by atoms with Gasteiger partial charge >= 0.3 is 0 Å². The van der Waals surface area contributed by atoms with Gasteiger partial charge in [0, 0.05) is 13.0 Å². The maximum Gasteiger partial charge on any atom is 0.233 e. The Morgan fingerprint density at radius 2 is 2.31 bits per heavy atom. The van der Waals surface area contributed by atoms with Crippen molar-refractivity contribution in [1.82, 2.24) is 5.32 Å². The van der Waals surface area contributed by atoms with Crippen LogP contribution in [-0.4, -0.2) is 24.5 Å². The Bertz CT molecular complexity index is 264. The van der Waals surface area contributed by atoms with Crippen LogP contribution < -0.4 is 5.32 Å². The maximum atomic E-state index is 11.5. The van der Waals surface area contributed by atoms with Crippen molar-refractivity contribution < 1.29 is 14.3 Å². The van der Waals surface area contributed by atoms with Gasteiger partial charge in [0.2, 0.25) is 11.8 Å². The molecule has 2 rings (SSSR count). The minimum absolute atomic E-state index is 0.0883. The van der Waals surface area contributed by atoms with Crippen LogP contribution in [0.4, 0.5) is 0 Å². The Labute approximate surface area is 76.6 Å². The summed E-state index contributed by atoms with van der Waals surface area (Å²) < 4.78 is 5.36. The van der Waals surface area contributed by atoms with Gasteiger partial charge in [-0.25, -0.2) is 0 Å². The topological polar surface area (TPSA) is 55.4 Å². The number of hydrogen-bond donors (Lipinski definition) is 1. The lowest BCUT2D eigenvalue weighted by Gasteiger charge is -2.33. The van der Waals surface area contributed by atoms with E-state index in [0.29, 0.717) is 25.9 Å². The van der Waals surface area contributed by atoms with Crippen LogP contribution in [-0.2, 0) is 14.3 Å². The first-order valence-corrected chi connectivity index (χ1v) is 4.58. The van der Waals surface area contributed by atoms with Crippen LogP contribution in [0.15, 0.2) is 0 Å². The molecule has 0 aromatic heterocycles. The molecule has 2 aliphatic rings. The summed E-state index contributed by atoms with van der Waals surface area (Å²) in [5, 5.41) is 2.36. The van der Waals surface area contributed by atoms with Crippen LogP contribution in [0.1, 0.15) is 26.2 Å². The number of ether oxygens (including phenoxy) is 1. The minimum Gasteiger partial charge on any atom is -0.378 e. The average molecular weight is 183 g/mol. The third-order valence-electron chi connectivity index (χ3n) is 2.89. The van der Waals surface area contributed by atoms with E-state index < -0.39 is 5.41 Å². The monoisotopic (exact) mass is 183 g/mol. The second-order valence-electron chi connectivity index (χ2n) is 3.97. The van der Waals surface area contributed by atoms with Gasteiger partial charge in [-0.15, -0.1) is 0 Å². The molecule has 2 fully saturated rings. The highest BCUT2D eigenvalue weighted by atomic mass is 16.5. The number of nitrogens with one attached hydrogen (secondary N) is 1. The number of hydrogen-bond acceptors (Lipinski definition) is 3. The van der Waals surface area contributed by atoms with Gasteiger partial charge in [0.1, 0.15) is 0 Å². The summed E-state index contributed by atoms with van der Waals surface area (Å²) >= 11 is 0. The van der Waals surface area contributed by atoms with Gasteiger partial charge in [0.25, 0.3) is 0 Å². The Hall–Kier alpha value is -0.900. The van der Waals surface area contributed by atoms with Gasteiger partial charge in [-0.1, -0.05) is 0 Å². The standard InChI is InChI=1S/C9H13NO3/c1-6-4-9(2-3-13-6)5-7(11)10-8(9)12/h6H,2-5H2,1H3,(H,10,11,12). The molecule has 2 atom stereocenters. The van der Waals surface area contributed by atoms with E-state index in [0.717, 1.165) is 0 Å². The molecule has 1 N–H and O–H groups in total. The molecule has 2 amide bonds. The summed E-state index contributed by atoms with van der Waals surface area (Å²) in [6.07, 6.45) is 1.78. The lowest BCUT2D eigenvalue weighted by molar-refractivity contribution is -0.135. The Morgan fingerprint density at radius 3 is 2.85 bits per heavy atom. The molecular weight excluding hydrogens is 170 g/mol. The van der Waals surface area contributed by atoms with Crippen LogP contribution in [0.5, 0.6) is 0 Å². The van der Waals surface area contributed by atoms with Crippen molar-refractivity contribution in [2.75, 3.05) is 6.61 Å². The summed E-state index contributed by atoms with van der Waals surface area (Å²) in [4.78, 5) is 22.6. The molecule has 72 valence electrons. The average Bonchev–Trinajstić information content (AvgIpc) is 2.26. The quantitative estimate of drug-likeness (QED) is 0.546. The van der Waals surface area contributed by atoms with Gasteiger partial charge < -0.3 is 4.74 Å². The second-order valence-corrected chi connectivity index (χ2v) is 3.97. The van der Waals surface area contributed by atoms with Crippen molar-refractivity contribution in [3.63, 3.8) is 0 Å². The van der Waals surface area contributed by atoms with Crippen molar-refractivity contribution in [2.24, 2.45) is 5.41 Å². The summed E-state index contributed by atoms with van der Waals surface area (Å²) in [5.41, 5.74) is -0.450. The van der Waals surface area contributed by atoms with Crippen molar-refractivity contribution in [3.8, 4) is 0 Å². The molecule has 13 heavy (non-hydrogen) atoms. The second kappa shape index (κ2) is 2.80. The molecule has 2 saturated heterocycles. The highest BCUT2D eigenvalue weighted by Crippen LogP contribution is 2.39. The lowest BCUT2D eigenvalue weighted by Crippen LogP contribution is -2.39. The molecule has 1 spiro atoms. The molecule has 0 saturated carbocycles. The molecule has 0 aromatic rings. The van der Waals surface area contributed by atoms with Crippen LogP contribution in [0.25, 0.3) is 0 Å². The molecule has 2 heterocycles. The zero-order valence-electron chi connectivity index (χ0n) is 7.63. The van der Waals surface area contributed by atoms with Gasteiger partial charge in [0.05, 0.1) is 11.5 Å². The zero-order chi connectivity index (χ0) is 9.47. The highest BCUT2D eigenvalue weighted by molar-refractivity contribution is 6.05. The molecule has 0 aromatic carbocycles. The molecule has 2 aliphatic heterocycles. The molecule has 4 heteroatoms. The fourth-order valence-corrected chi connectivity index (χ4v) is 2.22. The number of carbonyl (C=O) groups is 2. The molecule has 2 unspecified atom stereocenters. The van der Waals surface area contributed by atoms with E-state index in [1.807, 2.05) is 6.92 Å². The van der Waals surface area contributed by atoms with Crippen molar-refractivity contribution >= 4 is 11.8 Å². The van der Waals surface area contributed by atoms with Crippen molar-refractivity contribution in [3.05, 3.63) is 0 Å². The van der Waals surface area contributed by atoms with Gasteiger partial charge in [-0.3, -0.25) is 14.9 Å². The van der Waals surface area contributed by atoms with E-state index in [1.165, 1.54) is 0 Å². The van der Waals surface area contributed by atoms with Crippen LogP contribution in [0, 0.1) is 5.41 Å². The first-order valence-electron chi connectivity index (χ1n) is 4.58. The van der Waals surface area contributed by atoms with E-state index in [4.69, 9.17) is 4.74 Å². The van der Waals surface area contributed by atoms with Crippen LogP contribution >= 0.6 is 0 Å². The first kappa shape index (κ1) is 8.69. The van der Waals surface area contributed by atoms with Gasteiger partial charge in [-0.05, 0) is 19.8 Å². The lowest BCUT2D eigenvalue weighted by atomic mass is 9.77. The highest BCUT2D eigenvalue weighted by Gasteiger charge is 2.48. The summed E-state index contributed by atoms with van der Waals surface area (Å²) in [6.45, 7) is 2.53. The predicted octanol–water partition coefficient (Wildman–Crippen LogP) is 0.218.